The highest BCUT2D eigenvalue weighted by atomic mass is 16.2. The quantitative estimate of drug-likeness (QED) is 0.674. The van der Waals surface area contributed by atoms with E-state index in [1.165, 1.54) is 19.3 Å². The van der Waals surface area contributed by atoms with Crippen molar-refractivity contribution in [2.24, 2.45) is 5.41 Å². The fourth-order valence-corrected chi connectivity index (χ4v) is 1.93. The van der Waals surface area contributed by atoms with Gasteiger partial charge in [0.25, 0.3) is 0 Å². The van der Waals surface area contributed by atoms with Crippen LogP contribution in [0, 0.1) is 5.41 Å². The van der Waals surface area contributed by atoms with Crippen LogP contribution in [-0.2, 0) is 4.79 Å². The lowest BCUT2D eigenvalue weighted by Crippen LogP contribution is -2.40. The van der Waals surface area contributed by atoms with Crippen LogP contribution in [0.4, 0.5) is 0 Å². The van der Waals surface area contributed by atoms with Gasteiger partial charge in [-0.1, -0.05) is 26.2 Å². The average molecular weight is 169 g/mol. The van der Waals surface area contributed by atoms with E-state index in [0.29, 0.717) is 0 Å². The molecule has 1 aliphatic carbocycles. The third-order valence-electron chi connectivity index (χ3n) is 2.84. The zero-order valence-corrected chi connectivity index (χ0v) is 8.15. The van der Waals surface area contributed by atoms with Gasteiger partial charge in [-0.15, -0.1) is 0 Å². The van der Waals surface area contributed by atoms with Crippen molar-refractivity contribution in [3.63, 3.8) is 0 Å². The zero-order valence-electron chi connectivity index (χ0n) is 8.15. The lowest BCUT2D eigenvalue weighted by Gasteiger charge is -2.31. The number of nitrogens with one attached hydrogen (secondary N) is 1. The third-order valence-corrected chi connectivity index (χ3v) is 2.84. The topological polar surface area (TPSA) is 29.1 Å². The number of amides is 1. The summed E-state index contributed by atoms with van der Waals surface area (Å²) in [6.07, 6.45) is 5.87. The molecule has 0 saturated heterocycles. The Balaban J connectivity index is 2.50. The van der Waals surface area contributed by atoms with Gasteiger partial charge < -0.3 is 5.32 Å². The number of carbonyl (C=O) groups is 1. The minimum atomic E-state index is -0.0612. The van der Waals surface area contributed by atoms with Crippen molar-refractivity contribution < 1.29 is 4.79 Å². The maximum absolute atomic E-state index is 11.6. The average Bonchev–Trinajstić information content (AvgIpc) is 2.06. The molecule has 1 rings (SSSR count). The van der Waals surface area contributed by atoms with E-state index in [-0.39, 0.29) is 11.3 Å². The summed E-state index contributed by atoms with van der Waals surface area (Å²) < 4.78 is 0. The standard InChI is InChI=1S/C10H19NO/c1-3-11-9(12)10(2)7-5-4-6-8-10/h3-8H2,1-2H3,(H,11,12). The molecule has 0 radical (unpaired) electrons. The second-order valence-electron chi connectivity index (χ2n) is 3.98. The van der Waals surface area contributed by atoms with E-state index in [2.05, 4.69) is 12.2 Å². The maximum Gasteiger partial charge on any atom is 0.225 e. The molecule has 1 N–H and O–H groups in total. The van der Waals surface area contributed by atoms with Crippen LogP contribution in [0.1, 0.15) is 46.0 Å². The Bertz CT molecular complexity index is 159. The molecular formula is C10H19NO. The van der Waals surface area contributed by atoms with Crippen molar-refractivity contribution >= 4 is 5.91 Å². The molecule has 0 heterocycles. The molecule has 1 fully saturated rings. The van der Waals surface area contributed by atoms with E-state index in [9.17, 15) is 4.79 Å². The second kappa shape index (κ2) is 3.92. The predicted molar refractivity (Wildman–Crippen MR) is 49.9 cm³/mol. The van der Waals surface area contributed by atoms with Crippen LogP contribution in [0.2, 0.25) is 0 Å². The van der Waals surface area contributed by atoms with Gasteiger partial charge in [0.2, 0.25) is 5.91 Å². The molecule has 0 unspecified atom stereocenters. The zero-order chi connectivity index (χ0) is 9.03. The smallest absolute Gasteiger partial charge is 0.225 e. The number of rotatable bonds is 2. The number of hydrogen-bond acceptors (Lipinski definition) is 1. The summed E-state index contributed by atoms with van der Waals surface area (Å²) >= 11 is 0. The van der Waals surface area contributed by atoms with Gasteiger partial charge in [-0.05, 0) is 19.8 Å². The first kappa shape index (κ1) is 9.56. The van der Waals surface area contributed by atoms with Crippen LogP contribution in [0.3, 0.4) is 0 Å². The van der Waals surface area contributed by atoms with Crippen molar-refractivity contribution in [2.75, 3.05) is 6.54 Å². The molecule has 0 atom stereocenters. The van der Waals surface area contributed by atoms with Crippen LogP contribution < -0.4 is 5.32 Å². The van der Waals surface area contributed by atoms with E-state index in [4.69, 9.17) is 0 Å². The van der Waals surface area contributed by atoms with E-state index in [1.54, 1.807) is 0 Å². The molecule has 0 spiro atoms. The molecule has 2 heteroatoms. The highest BCUT2D eigenvalue weighted by Gasteiger charge is 2.33. The Morgan fingerprint density at radius 2 is 1.92 bits per heavy atom. The normalized spacial score (nSPS) is 21.8. The van der Waals surface area contributed by atoms with Gasteiger partial charge >= 0.3 is 0 Å². The van der Waals surface area contributed by atoms with Crippen molar-refractivity contribution in [1.82, 2.24) is 5.32 Å². The van der Waals surface area contributed by atoms with E-state index >= 15 is 0 Å². The van der Waals surface area contributed by atoms with Crippen LogP contribution in [0.25, 0.3) is 0 Å². The van der Waals surface area contributed by atoms with Crippen LogP contribution in [0.5, 0.6) is 0 Å². The van der Waals surface area contributed by atoms with Gasteiger partial charge in [0, 0.05) is 12.0 Å². The van der Waals surface area contributed by atoms with Gasteiger partial charge in [-0.2, -0.15) is 0 Å². The van der Waals surface area contributed by atoms with E-state index < -0.39 is 0 Å². The molecule has 70 valence electrons. The summed E-state index contributed by atoms with van der Waals surface area (Å²) in [6, 6.07) is 0. The third kappa shape index (κ3) is 1.99. The molecule has 0 bridgehead atoms. The Morgan fingerprint density at radius 1 is 1.33 bits per heavy atom. The Morgan fingerprint density at radius 3 is 2.42 bits per heavy atom. The first-order chi connectivity index (χ1) is 5.69. The van der Waals surface area contributed by atoms with Crippen LogP contribution >= 0.6 is 0 Å². The second-order valence-corrected chi connectivity index (χ2v) is 3.98. The highest BCUT2D eigenvalue weighted by molar-refractivity contribution is 5.82. The monoisotopic (exact) mass is 169 g/mol. The summed E-state index contributed by atoms with van der Waals surface area (Å²) in [5.74, 6) is 0.254. The first-order valence-corrected chi connectivity index (χ1v) is 4.97. The largest absolute Gasteiger partial charge is 0.356 e. The fourth-order valence-electron chi connectivity index (χ4n) is 1.93. The van der Waals surface area contributed by atoms with Gasteiger partial charge in [-0.3, -0.25) is 4.79 Å². The maximum atomic E-state index is 11.6. The lowest BCUT2D eigenvalue weighted by atomic mass is 9.75. The van der Waals surface area contributed by atoms with Gasteiger partial charge in [0.05, 0.1) is 0 Å². The van der Waals surface area contributed by atoms with Crippen molar-refractivity contribution in [3.8, 4) is 0 Å². The van der Waals surface area contributed by atoms with Crippen LogP contribution in [-0.4, -0.2) is 12.5 Å². The molecule has 0 aromatic carbocycles. The summed E-state index contributed by atoms with van der Waals surface area (Å²) in [5, 5.41) is 2.92. The van der Waals surface area contributed by atoms with Crippen molar-refractivity contribution in [1.29, 1.82) is 0 Å². The molecule has 12 heavy (non-hydrogen) atoms. The minimum Gasteiger partial charge on any atom is -0.356 e. The molecular weight excluding hydrogens is 150 g/mol. The van der Waals surface area contributed by atoms with Gasteiger partial charge in [0.1, 0.15) is 0 Å². The minimum absolute atomic E-state index is 0.0612. The van der Waals surface area contributed by atoms with Crippen molar-refractivity contribution in [3.05, 3.63) is 0 Å². The highest BCUT2D eigenvalue weighted by Crippen LogP contribution is 2.35. The fraction of sp³-hybridized carbons (Fsp3) is 0.900. The summed E-state index contributed by atoms with van der Waals surface area (Å²) in [7, 11) is 0. The Labute approximate surface area is 74.7 Å². The van der Waals surface area contributed by atoms with Gasteiger partial charge in [-0.25, -0.2) is 0 Å². The van der Waals surface area contributed by atoms with Gasteiger partial charge in [0.15, 0.2) is 0 Å². The van der Waals surface area contributed by atoms with E-state index in [1.807, 2.05) is 6.92 Å². The van der Waals surface area contributed by atoms with Crippen molar-refractivity contribution in [2.45, 2.75) is 46.0 Å². The molecule has 1 saturated carbocycles. The molecule has 0 aliphatic heterocycles. The number of hydrogen-bond donors (Lipinski definition) is 1. The number of carbonyl (C=O) groups excluding carboxylic acids is 1. The first-order valence-electron chi connectivity index (χ1n) is 4.97. The Kier molecular flexibility index (Phi) is 3.12. The van der Waals surface area contributed by atoms with Crippen LogP contribution in [0.15, 0.2) is 0 Å². The molecule has 1 aliphatic rings. The SMILES string of the molecule is CCNC(=O)C1(C)CCCCC1. The molecule has 0 aromatic heterocycles. The summed E-state index contributed by atoms with van der Waals surface area (Å²) in [6.45, 7) is 4.83. The summed E-state index contributed by atoms with van der Waals surface area (Å²) in [4.78, 5) is 11.6. The molecule has 1 amide bonds. The predicted octanol–water partition coefficient (Wildman–Crippen LogP) is 2.09. The lowest BCUT2D eigenvalue weighted by molar-refractivity contribution is -0.131. The molecule has 2 nitrogen and oxygen atoms in total. The van der Waals surface area contributed by atoms with E-state index in [0.717, 1.165) is 19.4 Å². The summed E-state index contributed by atoms with van der Waals surface area (Å²) in [5.41, 5.74) is -0.0612. The Hall–Kier alpha value is -0.530. The molecule has 0 aromatic rings.